The van der Waals surface area contributed by atoms with E-state index in [1.807, 2.05) is 31.3 Å². The summed E-state index contributed by atoms with van der Waals surface area (Å²) < 4.78 is 12.9. The summed E-state index contributed by atoms with van der Waals surface area (Å²) in [5.74, 6) is 0.560. The number of thiophene rings is 1. The molecule has 0 saturated heterocycles. The lowest BCUT2D eigenvalue weighted by molar-refractivity contribution is -0.120. The lowest BCUT2D eigenvalue weighted by Gasteiger charge is -2.05. The third-order valence-electron chi connectivity index (χ3n) is 3.95. The predicted molar refractivity (Wildman–Crippen MR) is 104 cm³/mol. The van der Waals surface area contributed by atoms with E-state index in [4.69, 9.17) is 0 Å². The number of benzene rings is 1. The summed E-state index contributed by atoms with van der Waals surface area (Å²) in [5, 5.41) is 5.94. The second kappa shape index (κ2) is 8.58. The summed E-state index contributed by atoms with van der Waals surface area (Å²) in [5.41, 5.74) is 2.08. The van der Waals surface area contributed by atoms with E-state index >= 15 is 0 Å². The van der Waals surface area contributed by atoms with Crippen LogP contribution in [0.15, 0.2) is 54.7 Å². The normalized spacial score (nSPS) is 10.5. The van der Waals surface area contributed by atoms with Gasteiger partial charge in [0.25, 0.3) is 0 Å². The Morgan fingerprint density at radius 1 is 1.15 bits per heavy atom. The molecule has 0 aliphatic carbocycles. The summed E-state index contributed by atoms with van der Waals surface area (Å²) in [4.78, 5) is 18.5. The second-order valence-electron chi connectivity index (χ2n) is 5.85. The van der Waals surface area contributed by atoms with Gasteiger partial charge < -0.3 is 10.6 Å². The van der Waals surface area contributed by atoms with Crippen molar-refractivity contribution in [1.29, 1.82) is 0 Å². The van der Waals surface area contributed by atoms with Gasteiger partial charge in [0, 0.05) is 29.5 Å². The largest absolute Gasteiger partial charge is 0.373 e. The minimum Gasteiger partial charge on any atom is -0.373 e. The van der Waals surface area contributed by atoms with Crippen LogP contribution in [0, 0.1) is 5.82 Å². The third-order valence-corrected chi connectivity index (χ3v) is 5.08. The highest BCUT2D eigenvalue weighted by Crippen LogP contribution is 2.29. The van der Waals surface area contributed by atoms with Crippen LogP contribution in [0.3, 0.4) is 0 Å². The summed E-state index contributed by atoms with van der Waals surface area (Å²) >= 11 is 1.61. The van der Waals surface area contributed by atoms with Crippen LogP contribution in [0.5, 0.6) is 0 Å². The topological polar surface area (TPSA) is 54.0 Å². The Balaban J connectivity index is 1.51. The Morgan fingerprint density at radius 3 is 2.73 bits per heavy atom. The molecule has 1 amide bonds. The molecule has 6 heteroatoms. The van der Waals surface area contributed by atoms with Crippen LogP contribution in [-0.2, 0) is 17.6 Å². The average Bonchev–Trinajstić information content (AvgIpc) is 3.12. The number of halogens is 1. The van der Waals surface area contributed by atoms with Gasteiger partial charge in [0.2, 0.25) is 5.91 Å². The van der Waals surface area contributed by atoms with Crippen LogP contribution in [0.4, 0.5) is 10.2 Å². The zero-order valence-corrected chi connectivity index (χ0v) is 15.3. The monoisotopic (exact) mass is 369 g/mol. The van der Waals surface area contributed by atoms with Gasteiger partial charge in [-0.25, -0.2) is 9.37 Å². The fraction of sp³-hybridized carbons (Fsp3) is 0.200. The summed E-state index contributed by atoms with van der Waals surface area (Å²) in [6, 6.07) is 14.3. The molecule has 134 valence electrons. The first kappa shape index (κ1) is 18.1. The Morgan fingerprint density at radius 2 is 1.96 bits per heavy atom. The fourth-order valence-electron chi connectivity index (χ4n) is 2.57. The summed E-state index contributed by atoms with van der Waals surface area (Å²) in [7, 11) is 1.84. The smallest absolute Gasteiger partial charge is 0.225 e. The Bertz CT molecular complexity index is 877. The van der Waals surface area contributed by atoms with Crippen LogP contribution in [0.1, 0.15) is 10.4 Å². The highest BCUT2D eigenvalue weighted by atomic mass is 32.1. The van der Waals surface area contributed by atoms with Crippen LogP contribution < -0.4 is 10.6 Å². The molecule has 0 spiro atoms. The van der Waals surface area contributed by atoms with E-state index in [0.29, 0.717) is 19.4 Å². The van der Waals surface area contributed by atoms with Gasteiger partial charge in [0.05, 0.1) is 6.42 Å². The number of nitrogens with zero attached hydrogens (tertiary/aromatic N) is 1. The van der Waals surface area contributed by atoms with Gasteiger partial charge in [-0.3, -0.25) is 4.79 Å². The molecule has 0 bridgehead atoms. The molecule has 2 N–H and O–H groups in total. The lowest BCUT2D eigenvalue weighted by atomic mass is 10.1. The highest BCUT2D eigenvalue weighted by molar-refractivity contribution is 7.15. The number of carbonyl (C=O) groups excluding carboxylic acids is 1. The van der Waals surface area contributed by atoms with Crippen molar-refractivity contribution in [3.63, 3.8) is 0 Å². The number of rotatable bonds is 7. The molecule has 0 aliphatic rings. The van der Waals surface area contributed by atoms with Crippen molar-refractivity contribution in [2.24, 2.45) is 0 Å². The zero-order chi connectivity index (χ0) is 18.4. The summed E-state index contributed by atoms with van der Waals surface area (Å²) in [6.07, 6.45) is 2.81. The molecule has 4 nitrogen and oxygen atoms in total. The molecule has 0 saturated carbocycles. The van der Waals surface area contributed by atoms with Gasteiger partial charge in [-0.05, 0) is 53.9 Å². The maximum absolute atomic E-state index is 12.9. The number of carbonyl (C=O) groups is 1. The number of nitrogens with one attached hydrogen (secondary N) is 2. The maximum Gasteiger partial charge on any atom is 0.225 e. The number of pyridine rings is 1. The molecule has 0 unspecified atom stereocenters. The van der Waals surface area contributed by atoms with E-state index in [9.17, 15) is 9.18 Å². The Hall–Kier alpha value is -2.73. The van der Waals surface area contributed by atoms with Crippen molar-refractivity contribution < 1.29 is 9.18 Å². The van der Waals surface area contributed by atoms with E-state index in [0.717, 1.165) is 26.7 Å². The molecule has 0 atom stereocenters. The molecule has 2 aromatic heterocycles. The van der Waals surface area contributed by atoms with Crippen molar-refractivity contribution in [3.05, 3.63) is 71.0 Å². The van der Waals surface area contributed by atoms with Gasteiger partial charge in [-0.15, -0.1) is 11.3 Å². The lowest BCUT2D eigenvalue weighted by Crippen LogP contribution is -2.26. The maximum atomic E-state index is 12.9. The van der Waals surface area contributed by atoms with E-state index < -0.39 is 0 Å². The third kappa shape index (κ3) is 4.89. The van der Waals surface area contributed by atoms with Crippen LogP contribution in [-0.4, -0.2) is 24.5 Å². The minimum atomic E-state index is -0.248. The number of amides is 1. The molecule has 0 aliphatic heterocycles. The van der Waals surface area contributed by atoms with Crippen molar-refractivity contribution in [3.8, 4) is 10.4 Å². The predicted octanol–water partition coefficient (Wildman–Crippen LogP) is 3.89. The van der Waals surface area contributed by atoms with Crippen LogP contribution in [0.25, 0.3) is 10.4 Å². The fourth-order valence-corrected chi connectivity index (χ4v) is 3.57. The van der Waals surface area contributed by atoms with Gasteiger partial charge in [-0.1, -0.05) is 12.1 Å². The molecular formula is C20H20FN3OS. The number of hydrogen-bond donors (Lipinski definition) is 2. The second-order valence-corrected chi connectivity index (χ2v) is 7.02. The first-order valence-corrected chi connectivity index (χ1v) is 9.20. The van der Waals surface area contributed by atoms with Crippen molar-refractivity contribution in [2.45, 2.75) is 12.8 Å². The van der Waals surface area contributed by atoms with Crippen LogP contribution >= 0.6 is 11.3 Å². The van der Waals surface area contributed by atoms with E-state index in [1.54, 1.807) is 29.7 Å². The Labute approximate surface area is 156 Å². The number of hydrogen-bond acceptors (Lipinski definition) is 4. The molecule has 3 aromatic rings. The molecule has 2 heterocycles. The van der Waals surface area contributed by atoms with Crippen molar-refractivity contribution in [2.75, 3.05) is 18.9 Å². The first-order valence-electron chi connectivity index (χ1n) is 8.38. The standard InChI is InChI=1S/C20H20FN3OS/c1-22-19-12-15(9-11-23-19)18-7-6-17(26-18)13-20(25)24-10-8-14-2-4-16(21)5-3-14/h2-7,9,11-12H,8,10,13H2,1H3,(H,22,23)(H,24,25). The van der Waals surface area contributed by atoms with Gasteiger partial charge in [0.15, 0.2) is 0 Å². The molecule has 26 heavy (non-hydrogen) atoms. The average molecular weight is 369 g/mol. The Kier molecular flexibility index (Phi) is 5.96. The minimum absolute atomic E-state index is 0.00819. The molecule has 0 fully saturated rings. The molecular weight excluding hydrogens is 349 g/mol. The van der Waals surface area contributed by atoms with Crippen LogP contribution in [0.2, 0.25) is 0 Å². The highest BCUT2D eigenvalue weighted by Gasteiger charge is 2.08. The van der Waals surface area contributed by atoms with Gasteiger partial charge >= 0.3 is 0 Å². The summed E-state index contributed by atoms with van der Waals surface area (Å²) in [6.45, 7) is 0.540. The van der Waals surface area contributed by atoms with Crippen molar-refractivity contribution >= 4 is 23.1 Å². The molecule has 0 radical (unpaired) electrons. The number of aromatic nitrogens is 1. The van der Waals surface area contributed by atoms with Gasteiger partial charge in [-0.2, -0.15) is 0 Å². The van der Waals surface area contributed by atoms with E-state index in [-0.39, 0.29) is 11.7 Å². The molecule has 1 aromatic carbocycles. The first-order chi connectivity index (χ1) is 12.6. The molecule has 3 rings (SSSR count). The zero-order valence-electron chi connectivity index (χ0n) is 14.5. The van der Waals surface area contributed by atoms with Crippen molar-refractivity contribution in [1.82, 2.24) is 10.3 Å². The van der Waals surface area contributed by atoms with E-state index in [1.165, 1.54) is 12.1 Å². The number of anilines is 1. The quantitative estimate of drug-likeness (QED) is 0.664. The van der Waals surface area contributed by atoms with Gasteiger partial charge in [0.1, 0.15) is 11.6 Å². The SMILES string of the molecule is CNc1cc(-c2ccc(CC(=O)NCCc3ccc(F)cc3)s2)ccn1. The van der Waals surface area contributed by atoms with E-state index in [2.05, 4.69) is 15.6 Å².